The van der Waals surface area contributed by atoms with Gasteiger partial charge in [-0.05, 0) is 12.8 Å². The van der Waals surface area contributed by atoms with E-state index in [9.17, 15) is 9.59 Å². The Morgan fingerprint density at radius 3 is 1.13 bits per heavy atom. The summed E-state index contributed by atoms with van der Waals surface area (Å²) in [6.07, 6.45) is 29.3. The van der Waals surface area contributed by atoms with Crippen LogP contribution in [0.4, 0.5) is 0 Å². The minimum Gasteiger partial charge on any atom is -0.283 e. The van der Waals surface area contributed by atoms with Gasteiger partial charge in [-0.1, -0.05) is 129 Å². The maximum atomic E-state index is 11.7. The van der Waals surface area contributed by atoms with Gasteiger partial charge in [0, 0.05) is 19.4 Å². The number of hydrogen-bond donors (Lipinski definition) is 0. The lowest BCUT2D eigenvalue weighted by atomic mass is 10.0. The van der Waals surface area contributed by atoms with Crippen LogP contribution >= 0.6 is 0 Å². The summed E-state index contributed by atoms with van der Waals surface area (Å²) in [4.78, 5) is 25.0. The lowest BCUT2D eigenvalue weighted by Crippen LogP contribution is -2.40. The number of unbranched alkanes of at least 4 members (excludes halogenated alkanes) is 19. The molecule has 176 valence electrons. The number of carbonyl (C=O) groups excluding carboxylic acids is 2. The number of rotatable bonds is 21. The monoisotopic (exact) mass is 421 g/mol. The van der Waals surface area contributed by atoms with Gasteiger partial charge in [-0.15, -0.1) is 0 Å². The maximum absolute atomic E-state index is 11.7. The van der Waals surface area contributed by atoms with Crippen molar-refractivity contribution in [2.45, 2.75) is 155 Å². The second kappa shape index (κ2) is 20.1. The van der Waals surface area contributed by atoms with Crippen LogP contribution in [0, 0.1) is 0 Å². The third-order valence-electron chi connectivity index (χ3n) is 6.62. The van der Waals surface area contributed by atoms with Crippen molar-refractivity contribution in [1.82, 2.24) is 4.90 Å². The smallest absolute Gasteiger partial charge is 0.229 e. The topological polar surface area (TPSA) is 37.4 Å². The second-order valence-corrected chi connectivity index (χ2v) is 9.51. The van der Waals surface area contributed by atoms with Crippen molar-refractivity contribution in [2.24, 2.45) is 0 Å². The van der Waals surface area contributed by atoms with Gasteiger partial charge in [0.25, 0.3) is 0 Å². The largest absolute Gasteiger partial charge is 0.283 e. The minimum atomic E-state index is 0.0454. The zero-order valence-electron chi connectivity index (χ0n) is 20.2. The van der Waals surface area contributed by atoms with Crippen LogP contribution in [0.15, 0.2) is 0 Å². The van der Waals surface area contributed by atoms with Crippen molar-refractivity contribution in [3.8, 4) is 0 Å². The first-order valence-electron chi connectivity index (χ1n) is 13.6. The van der Waals surface area contributed by atoms with Crippen LogP contribution in [-0.4, -0.2) is 23.3 Å². The normalized spacial score (nSPS) is 14.6. The van der Waals surface area contributed by atoms with Gasteiger partial charge in [0.05, 0.1) is 0 Å². The molecule has 3 heteroatoms. The molecule has 0 N–H and O–H groups in total. The molecule has 0 bridgehead atoms. The molecule has 0 spiro atoms. The minimum absolute atomic E-state index is 0.0454. The third-order valence-corrected chi connectivity index (χ3v) is 6.62. The Kier molecular flexibility index (Phi) is 18.2. The number of nitrogens with zero attached hydrogens (tertiary/aromatic N) is 1. The van der Waals surface area contributed by atoms with E-state index in [1.807, 2.05) is 0 Å². The highest BCUT2D eigenvalue weighted by Gasteiger charge is 2.24. The molecule has 1 fully saturated rings. The summed E-state index contributed by atoms with van der Waals surface area (Å²) in [5.41, 5.74) is 0. The summed E-state index contributed by atoms with van der Waals surface area (Å²) < 4.78 is 0. The Balaban J connectivity index is 1.72. The lowest BCUT2D eigenvalue weighted by Gasteiger charge is -2.24. The molecule has 0 saturated carbocycles. The molecule has 1 aliphatic heterocycles. The molecule has 1 heterocycles. The van der Waals surface area contributed by atoms with Crippen LogP contribution in [0.25, 0.3) is 0 Å². The van der Waals surface area contributed by atoms with E-state index in [1.54, 1.807) is 0 Å². The van der Waals surface area contributed by atoms with Crippen molar-refractivity contribution >= 4 is 11.8 Å². The summed E-state index contributed by atoms with van der Waals surface area (Å²) in [5.74, 6) is 0.0908. The van der Waals surface area contributed by atoms with Crippen LogP contribution in [0.3, 0.4) is 0 Å². The number of amides is 2. The molecular formula is C27H51NO2. The fourth-order valence-electron chi connectivity index (χ4n) is 4.57. The van der Waals surface area contributed by atoms with E-state index >= 15 is 0 Å². The highest BCUT2D eigenvalue weighted by molar-refractivity contribution is 5.97. The predicted molar refractivity (Wildman–Crippen MR) is 129 cm³/mol. The highest BCUT2D eigenvalue weighted by Crippen LogP contribution is 2.16. The van der Waals surface area contributed by atoms with Gasteiger partial charge in [0.2, 0.25) is 11.8 Å². The molecule has 1 saturated heterocycles. The first-order chi connectivity index (χ1) is 14.8. The molecule has 30 heavy (non-hydrogen) atoms. The summed E-state index contributed by atoms with van der Waals surface area (Å²) in [6, 6.07) is 0. The Labute approximate surface area is 187 Å². The van der Waals surface area contributed by atoms with Crippen LogP contribution in [-0.2, 0) is 9.59 Å². The molecule has 1 rings (SSSR count). The second-order valence-electron chi connectivity index (χ2n) is 9.51. The number of carbonyl (C=O) groups is 2. The predicted octanol–water partition coefficient (Wildman–Crippen LogP) is 8.35. The summed E-state index contributed by atoms with van der Waals surface area (Å²) in [7, 11) is 0. The number of imide groups is 1. The quantitative estimate of drug-likeness (QED) is 0.138. The molecule has 0 atom stereocenters. The fraction of sp³-hybridized carbons (Fsp3) is 0.926. The molecule has 0 aromatic carbocycles. The van der Waals surface area contributed by atoms with Crippen molar-refractivity contribution in [3.63, 3.8) is 0 Å². The molecule has 0 aromatic rings. The summed E-state index contributed by atoms with van der Waals surface area (Å²) >= 11 is 0. The molecule has 1 aliphatic rings. The first kappa shape index (κ1) is 27.2. The van der Waals surface area contributed by atoms with Gasteiger partial charge in [-0.25, -0.2) is 0 Å². The number of piperidine rings is 1. The van der Waals surface area contributed by atoms with E-state index in [0.717, 1.165) is 19.3 Å². The van der Waals surface area contributed by atoms with Crippen LogP contribution in [0.1, 0.15) is 155 Å². The van der Waals surface area contributed by atoms with Crippen LogP contribution < -0.4 is 0 Å². The van der Waals surface area contributed by atoms with Crippen molar-refractivity contribution in [3.05, 3.63) is 0 Å². The lowest BCUT2D eigenvalue weighted by molar-refractivity contribution is -0.148. The maximum Gasteiger partial charge on any atom is 0.229 e. The van der Waals surface area contributed by atoms with Gasteiger partial charge >= 0.3 is 0 Å². The van der Waals surface area contributed by atoms with Gasteiger partial charge < -0.3 is 0 Å². The summed E-state index contributed by atoms with van der Waals surface area (Å²) in [5, 5.41) is 0. The van der Waals surface area contributed by atoms with E-state index in [0.29, 0.717) is 19.4 Å². The van der Waals surface area contributed by atoms with Crippen molar-refractivity contribution in [2.75, 3.05) is 6.54 Å². The fourth-order valence-corrected chi connectivity index (χ4v) is 4.57. The van der Waals surface area contributed by atoms with Crippen molar-refractivity contribution in [1.29, 1.82) is 0 Å². The van der Waals surface area contributed by atoms with E-state index in [1.165, 1.54) is 120 Å². The van der Waals surface area contributed by atoms with Crippen molar-refractivity contribution < 1.29 is 9.59 Å². The van der Waals surface area contributed by atoms with Gasteiger partial charge in [-0.2, -0.15) is 0 Å². The number of likely N-dealkylation sites (tertiary alicyclic amines) is 1. The molecule has 0 unspecified atom stereocenters. The van der Waals surface area contributed by atoms with E-state index < -0.39 is 0 Å². The van der Waals surface area contributed by atoms with E-state index in [-0.39, 0.29) is 11.8 Å². The van der Waals surface area contributed by atoms with E-state index in [4.69, 9.17) is 0 Å². The molecule has 2 amide bonds. The molecule has 0 radical (unpaired) electrons. The highest BCUT2D eigenvalue weighted by atomic mass is 16.2. The molecule has 0 aliphatic carbocycles. The van der Waals surface area contributed by atoms with Gasteiger partial charge in [0.1, 0.15) is 0 Å². The molecule has 0 aromatic heterocycles. The average Bonchev–Trinajstić information content (AvgIpc) is 2.74. The SMILES string of the molecule is CCCCCCCCCCCCCCCCCCCCCCN1C(=O)CCCC1=O. The Bertz CT molecular complexity index is 405. The zero-order valence-corrected chi connectivity index (χ0v) is 20.2. The molecular weight excluding hydrogens is 370 g/mol. The van der Waals surface area contributed by atoms with Gasteiger partial charge in [-0.3, -0.25) is 14.5 Å². The Hall–Kier alpha value is -0.860. The Morgan fingerprint density at radius 1 is 0.500 bits per heavy atom. The summed E-state index contributed by atoms with van der Waals surface area (Å²) in [6.45, 7) is 2.94. The van der Waals surface area contributed by atoms with Gasteiger partial charge in [0.15, 0.2) is 0 Å². The number of hydrogen-bond acceptors (Lipinski definition) is 2. The average molecular weight is 422 g/mol. The first-order valence-corrected chi connectivity index (χ1v) is 13.6. The van der Waals surface area contributed by atoms with Crippen LogP contribution in [0.5, 0.6) is 0 Å². The zero-order chi connectivity index (χ0) is 21.7. The van der Waals surface area contributed by atoms with E-state index in [2.05, 4.69) is 6.92 Å². The molecule has 3 nitrogen and oxygen atoms in total. The Morgan fingerprint density at radius 2 is 0.800 bits per heavy atom. The standard InChI is InChI=1S/C27H51NO2/c1-2-3-4-5-6-7-8-9-10-11-12-13-14-15-16-17-18-19-20-21-25-28-26(29)23-22-24-27(28)30/h2-25H2,1H3. The van der Waals surface area contributed by atoms with Crippen LogP contribution in [0.2, 0.25) is 0 Å². The third kappa shape index (κ3) is 15.0.